The van der Waals surface area contributed by atoms with Crippen molar-refractivity contribution in [2.24, 2.45) is 0 Å². The molecule has 0 bridgehead atoms. The van der Waals surface area contributed by atoms with E-state index in [4.69, 9.17) is 4.74 Å². The number of hydrogen-bond acceptors (Lipinski definition) is 3. The molecule has 1 amide bonds. The van der Waals surface area contributed by atoms with Gasteiger partial charge in [0.05, 0.1) is 18.3 Å². The maximum atomic E-state index is 14.0. The summed E-state index contributed by atoms with van der Waals surface area (Å²) in [6, 6.07) is 13.5. The van der Waals surface area contributed by atoms with Crippen molar-refractivity contribution in [3.8, 4) is 0 Å². The fourth-order valence-corrected chi connectivity index (χ4v) is 2.34. The Hall–Kier alpha value is -2.40. The Morgan fingerprint density at radius 1 is 1.21 bits per heavy atom. The Kier molecular flexibility index (Phi) is 6.32. The molecule has 0 aliphatic heterocycles. The predicted octanol–water partition coefficient (Wildman–Crippen LogP) is 3.94. The number of nitrogens with zero attached hydrogens (tertiary/aromatic N) is 1. The highest BCUT2D eigenvalue weighted by atomic mass is 19.1. The van der Waals surface area contributed by atoms with Crippen molar-refractivity contribution in [2.45, 2.75) is 20.0 Å². The van der Waals surface area contributed by atoms with Gasteiger partial charge in [0.2, 0.25) is 0 Å². The lowest BCUT2D eigenvalue weighted by Crippen LogP contribution is -2.35. The lowest BCUT2D eigenvalue weighted by atomic mass is 10.1. The lowest BCUT2D eigenvalue weighted by molar-refractivity contribution is 0.0792. The van der Waals surface area contributed by atoms with E-state index in [0.29, 0.717) is 18.8 Å². The minimum Gasteiger partial charge on any atom is -0.388 e. The van der Waals surface area contributed by atoms with Crippen LogP contribution in [-0.2, 0) is 4.74 Å². The SMILES string of the molecule is CNc1cccc(N(CCOC(C)C)C(=O)c2ccccc2F)c1. The molecule has 4 nitrogen and oxygen atoms in total. The van der Waals surface area contributed by atoms with Crippen LogP contribution in [0.25, 0.3) is 0 Å². The van der Waals surface area contributed by atoms with E-state index in [1.54, 1.807) is 17.0 Å². The van der Waals surface area contributed by atoms with E-state index in [-0.39, 0.29) is 17.6 Å². The van der Waals surface area contributed by atoms with Crippen molar-refractivity contribution in [3.63, 3.8) is 0 Å². The van der Waals surface area contributed by atoms with E-state index in [9.17, 15) is 9.18 Å². The molecule has 0 saturated carbocycles. The highest BCUT2D eigenvalue weighted by Gasteiger charge is 2.20. The van der Waals surface area contributed by atoms with Gasteiger partial charge in [-0.3, -0.25) is 4.79 Å². The summed E-state index contributed by atoms with van der Waals surface area (Å²) in [5, 5.41) is 3.04. The average molecular weight is 330 g/mol. The Labute approximate surface area is 142 Å². The average Bonchev–Trinajstić information content (AvgIpc) is 2.58. The number of amides is 1. The molecule has 24 heavy (non-hydrogen) atoms. The zero-order chi connectivity index (χ0) is 17.5. The summed E-state index contributed by atoms with van der Waals surface area (Å²) in [6.07, 6.45) is 0.0686. The number of ether oxygens (including phenoxy) is 1. The molecule has 0 radical (unpaired) electrons. The number of nitrogens with one attached hydrogen (secondary N) is 1. The van der Waals surface area contributed by atoms with Crippen LogP contribution in [0.15, 0.2) is 48.5 Å². The van der Waals surface area contributed by atoms with Crippen molar-refractivity contribution in [2.75, 3.05) is 30.4 Å². The molecule has 0 fully saturated rings. The van der Waals surface area contributed by atoms with Gasteiger partial charge in [0, 0.05) is 25.0 Å². The predicted molar refractivity (Wildman–Crippen MR) is 95.2 cm³/mol. The van der Waals surface area contributed by atoms with E-state index < -0.39 is 5.82 Å². The molecular formula is C19H23FN2O2. The second-order valence-corrected chi connectivity index (χ2v) is 5.66. The summed E-state index contributed by atoms with van der Waals surface area (Å²) < 4.78 is 19.6. The zero-order valence-electron chi connectivity index (χ0n) is 14.3. The molecule has 0 aliphatic rings. The number of benzene rings is 2. The maximum Gasteiger partial charge on any atom is 0.261 e. The molecule has 0 spiro atoms. The Morgan fingerprint density at radius 2 is 1.96 bits per heavy atom. The summed E-state index contributed by atoms with van der Waals surface area (Å²) in [7, 11) is 1.81. The van der Waals surface area contributed by atoms with Crippen LogP contribution in [0.5, 0.6) is 0 Å². The van der Waals surface area contributed by atoms with Gasteiger partial charge in [0.1, 0.15) is 5.82 Å². The van der Waals surface area contributed by atoms with Crippen molar-refractivity contribution < 1.29 is 13.9 Å². The summed E-state index contributed by atoms with van der Waals surface area (Å²) >= 11 is 0. The van der Waals surface area contributed by atoms with Gasteiger partial charge in [-0.25, -0.2) is 4.39 Å². The van der Waals surface area contributed by atoms with E-state index in [1.165, 1.54) is 12.1 Å². The second kappa shape index (κ2) is 8.45. The number of rotatable bonds is 7. The molecule has 128 valence electrons. The van der Waals surface area contributed by atoms with Crippen LogP contribution in [0.2, 0.25) is 0 Å². The third-order valence-corrected chi connectivity index (χ3v) is 3.56. The van der Waals surface area contributed by atoms with Crippen molar-refractivity contribution in [1.29, 1.82) is 0 Å². The minimum absolute atomic E-state index is 0.0527. The second-order valence-electron chi connectivity index (χ2n) is 5.66. The normalized spacial score (nSPS) is 10.7. The van der Waals surface area contributed by atoms with Crippen molar-refractivity contribution in [3.05, 3.63) is 59.9 Å². The molecule has 0 aromatic heterocycles. The van der Waals surface area contributed by atoms with E-state index in [0.717, 1.165) is 5.69 Å². The quantitative estimate of drug-likeness (QED) is 0.836. The van der Waals surface area contributed by atoms with Crippen LogP contribution < -0.4 is 10.2 Å². The largest absolute Gasteiger partial charge is 0.388 e. The van der Waals surface area contributed by atoms with Crippen molar-refractivity contribution >= 4 is 17.3 Å². The molecular weight excluding hydrogens is 307 g/mol. The van der Waals surface area contributed by atoms with Crippen LogP contribution in [0.1, 0.15) is 24.2 Å². The number of anilines is 2. The van der Waals surface area contributed by atoms with Crippen LogP contribution >= 0.6 is 0 Å². The van der Waals surface area contributed by atoms with Gasteiger partial charge in [-0.2, -0.15) is 0 Å². The van der Waals surface area contributed by atoms with Gasteiger partial charge >= 0.3 is 0 Å². The zero-order valence-corrected chi connectivity index (χ0v) is 14.3. The lowest BCUT2D eigenvalue weighted by Gasteiger charge is -2.24. The molecule has 2 aromatic rings. The molecule has 0 saturated heterocycles. The Morgan fingerprint density at radius 3 is 2.62 bits per heavy atom. The van der Waals surface area contributed by atoms with Crippen LogP contribution in [0.3, 0.4) is 0 Å². The number of halogens is 1. The van der Waals surface area contributed by atoms with E-state index in [2.05, 4.69) is 5.32 Å². The first-order valence-corrected chi connectivity index (χ1v) is 7.98. The topological polar surface area (TPSA) is 41.6 Å². The standard InChI is InChI=1S/C19H23FN2O2/c1-14(2)24-12-11-22(16-8-6-7-15(13-16)21-3)19(23)17-9-4-5-10-18(17)20/h4-10,13-14,21H,11-12H2,1-3H3. The summed E-state index contributed by atoms with van der Waals surface area (Å²) in [4.78, 5) is 14.4. The monoisotopic (exact) mass is 330 g/mol. The highest BCUT2D eigenvalue weighted by Crippen LogP contribution is 2.22. The Bertz CT molecular complexity index is 689. The highest BCUT2D eigenvalue weighted by molar-refractivity contribution is 6.06. The van der Waals surface area contributed by atoms with Crippen LogP contribution in [0, 0.1) is 5.82 Å². The first-order valence-electron chi connectivity index (χ1n) is 7.98. The molecule has 0 unspecified atom stereocenters. The van der Waals surface area contributed by atoms with Crippen molar-refractivity contribution in [1.82, 2.24) is 0 Å². The molecule has 0 atom stereocenters. The fourth-order valence-electron chi connectivity index (χ4n) is 2.34. The first-order chi connectivity index (χ1) is 11.5. The summed E-state index contributed by atoms with van der Waals surface area (Å²) in [5.74, 6) is -0.907. The molecule has 1 N–H and O–H groups in total. The molecule has 0 aliphatic carbocycles. The molecule has 5 heteroatoms. The number of carbonyl (C=O) groups is 1. The van der Waals surface area contributed by atoms with Gasteiger partial charge in [0.25, 0.3) is 5.91 Å². The molecule has 2 rings (SSSR count). The van der Waals surface area contributed by atoms with Gasteiger partial charge in [0.15, 0.2) is 0 Å². The van der Waals surface area contributed by atoms with Gasteiger partial charge in [-0.1, -0.05) is 18.2 Å². The van der Waals surface area contributed by atoms with Gasteiger partial charge in [-0.15, -0.1) is 0 Å². The third kappa shape index (κ3) is 4.55. The Balaban J connectivity index is 2.31. The third-order valence-electron chi connectivity index (χ3n) is 3.56. The summed E-state index contributed by atoms with van der Waals surface area (Å²) in [6.45, 7) is 4.59. The minimum atomic E-state index is -0.526. The first kappa shape index (κ1) is 17.9. The molecule has 2 aromatic carbocycles. The fraction of sp³-hybridized carbons (Fsp3) is 0.316. The number of hydrogen-bond donors (Lipinski definition) is 1. The number of carbonyl (C=O) groups excluding carboxylic acids is 1. The smallest absolute Gasteiger partial charge is 0.261 e. The van der Waals surface area contributed by atoms with E-state index >= 15 is 0 Å². The summed E-state index contributed by atoms with van der Waals surface area (Å²) in [5.41, 5.74) is 1.63. The van der Waals surface area contributed by atoms with Gasteiger partial charge in [-0.05, 0) is 44.2 Å². The van der Waals surface area contributed by atoms with E-state index in [1.807, 2.05) is 45.2 Å². The van der Waals surface area contributed by atoms with Gasteiger partial charge < -0.3 is 15.0 Å². The maximum absolute atomic E-state index is 14.0. The molecule has 0 heterocycles. The van der Waals surface area contributed by atoms with Crippen LogP contribution in [0.4, 0.5) is 15.8 Å². The van der Waals surface area contributed by atoms with Crippen LogP contribution in [-0.4, -0.2) is 32.2 Å².